The van der Waals surface area contributed by atoms with E-state index in [1.165, 1.54) is 17.4 Å². The minimum Gasteiger partial charge on any atom is -0.392 e. The van der Waals surface area contributed by atoms with Crippen LogP contribution in [0.1, 0.15) is 12.5 Å². The molecule has 1 aromatic rings. The minimum absolute atomic E-state index is 0.175. The molecule has 1 aromatic carbocycles. The van der Waals surface area contributed by atoms with Crippen LogP contribution in [0.5, 0.6) is 0 Å². The van der Waals surface area contributed by atoms with Gasteiger partial charge in [-0.3, -0.25) is 0 Å². The van der Waals surface area contributed by atoms with Gasteiger partial charge in [-0.25, -0.2) is 12.7 Å². The minimum atomic E-state index is -3.48. The van der Waals surface area contributed by atoms with Gasteiger partial charge in [0.1, 0.15) is 0 Å². The van der Waals surface area contributed by atoms with Gasteiger partial charge in [0.15, 0.2) is 0 Å². The first kappa shape index (κ1) is 13.6. The van der Waals surface area contributed by atoms with Crippen LogP contribution < -0.4 is 0 Å². The summed E-state index contributed by atoms with van der Waals surface area (Å²) in [6.07, 6.45) is 0. The molecular weight excluding hydrogens is 294 g/mol. The van der Waals surface area contributed by atoms with Crippen LogP contribution in [0.4, 0.5) is 0 Å². The fraction of sp³-hybridized carbons (Fsp3) is 0.400. The zero-order valence-electron chi connectivity index (χ0n) is 9.14. The van der Waals surface area contributed by atoms with Crippen LogP contribution in [0, 0.1) is 0 Å². The maximum absolute atomic E-state index is 12.1. The summed E-state index contributed by atoms with van der Waals surface area (Å²) in [5.74, 6) is 0. The highest BCUT2D eigenvalue weighted by atomic mass is 79.9. The van der Waals surface area contributed by atoms with Crippen LogP contribution in [0.2, 0.25) is 0 Å². The number of aliphatic hydroxyl groups is 1. The Labute approximate surface area is 104 Å². The molecule has 0 aromatic heterocycles. The Hall–Kier alpha value is -0.430. The first-order chi connectivity index (χ1) is 7.43. The Balaban J connectivity index is 3.32. The standard InChI is InChI=1S/C10H14BrNO3S/c1-3-12(2)16(14,15)10-6-8(7-13)4-5-9(10)11/h4-6,13H,3,7H2,1-2H3. The van der Waals surface area contributed by atoms with E-state index >= 15 is 0 Å². The smallest absolute Gasteiger partial charge is 0.243 e. The maximum atomic E-state index is 12.1. The normalized spacial score (nSPS) is 12.1. The maximum Gasteiger partial charge on any atom is 0.243 e. The summed E-state index contributed by atoms with van der Waals surface area (Å²) in [6.45, 7) is 1.99. The number of aliphatic hydroxyl groups excluding tert-OH is 1. The average Bonchev–Trinajstić information content (AvgIpc) is 2.28. The number of nitrogens with zero attached hydrogens (tertiary/aromatic N) is 1. The summed E-state index contributed by atoms with van der Waals surface area (Å²) in [5.41, 5.74) is 0.575. The molecule has 0 bridgehead atoms. The largest absolute Gasteiger partial charge is 0.392 e. The van der Waals surface area contributed by atoms with Gasteiger partial charge in [0.25, 0.3) is 0 Å². The Bertz CT molecular complexity index is 473. The SMILES string of the molecule is CCN(C)S(=O)(=O)c1cc(CO)ccc1Br. The Morgan fingerprint density at radius 3 is 2.56 bits per heavy atom. The summed E-state index contributed by atoms with van der Waals surface area (Å²) in [7, 11) is -1.96. The molecule has 1 N–H and O–H groups in total. The molecule has 0 fully saturated rings. The molecule has 4 nitrogen and oxygen atoms in total. The van der Waals surface area contributed by atoms with E-state index in [9.17, 15) is 8.42 Å². The van der Waals surface area contributed by atoms with Gasteiger partial charge < -0.3 is 5.11 Å². The van der Waals surface area contributed by atoms with Crippen molar-refractivity contribution in [3.63, 3.8) is 0 Å². The van der Waals surface area contributed by atoms with E-state index in [1.807, 2.05) is 0 Å². The molecule has 0 unspecified atom stereocenters. The average molecular weight is 308 g/mol. The molecule has 90 valence electrons. The molecule has 0 amide bonds. The third kappa shape index (κ3) is 2.63. The van der Waals surface area contributed by atoms with E-state index in [1.54, 1.807) is 19.1 Å². The van der Waals surface area contributed by atoms with Crippen molar-refractivity contribution in [3.8, 4) is 0 Å². The molecule has 0 saturated carbocycles. The lowest BCUT2D eigenvalue weighted by atomic mass is 10.2. The predicted molar refractivity (Wildman–Crippen MR) is 65.6 cm³/mol. The first-order valence-electron chi connectivity index (χ1n) is 4.79. The van der Waals surface area contributed by atoms with Crippen molar-refractivity contribution in [2.24, 2.45) is 0 Å². The predicted octanol–water partition coefficient (Wildman–Crippen LogP) is 1.58. The molecule has 1 rings (SSSR count). The van der Waals surface area contributed by atoms with Crippen LogP contribution >= 0.6 is 15.9 Å². The summed E-state index contributed by atoms with van der Waals surface area (Å²) in [4.78, 5) is 0.184. The van der Waals surface area contributed by atoms with Crippen molar-refractivity contribution in [3.05, 3.63) is 28.2 Å². The Kier molecular flexibility index (Phi) is 4.49. The van der Waals surface area contributed by atoms with Crippen molar-refractivity contribution in [2.45, 2.75) is 18.4 Å². The van der Waals surface area contributed by atoms with Gasteiger partial charge in [0, 0.05) is 18.1 Å². The van der Waals surface area contributed by atoms with Gasteiger partial charge >= 0.3 is 0 Å². The van der Waals surface area contributed by atoms with Crippen LogP contribution in [0.25, 0.3) is 0 Å². The second-order valence-corrected chi connectivity index (χ2v) is 6.21. The third-order valence-corrected chi connectivity index (χ3v) is 5.24. The van der Waals surface area contributed by atoms with Crippen LogP contribution in [0.3, 0.4) is 0 Å². The zero-order valence-corrected chi connectivity index (χ0v) is 11.5. The molecular formula is C10H14BrNO3S. The van der Waals surface area contributed by atoms with Crippen molar-refractivity contribution < 1.29 is 13.5 Å². The highest BCUT2D eigenvalue weighted by Crippen LogP contribution is 2.25. The quantitative estimate of drug-likeness (QED) is 0.919. The summed E-state index contributed by atoms with van der Waals surface area (Å²) in [6, 6.07) is 4.78. The van der Waals surface area contributed by atoms with E-state index in [0.717, 1.165) is 0 Å². The molecule has 0 radical (unpaired) electrons. The van der Waals surface area contributed by atoms with Crippen molar-refractivity contribution in [1.82, 2.24) is 4.31 Å². The van der Waals surface area contributed by atoms with Gasteiger partial charge in [-0.1, -0.05) is 13.0 Å². The van der Waals surface area contributed by atoms with Crippen LogP contribution in [0.15, 0.2) is 27.6 Å². The van der Waals surface area contributed by atoms with Gasteiger partial charge in [0.2, 0.25) is 10.0 Å². The molecule has 0 heterocycles. The van der Waals surface area contributed by atoms with Crippen molar-refractivity contribution >= 4 is 26.0 Å². The van der Waals surface area contributed by atoms with Gasteiger partial charge in [0.05, 0.1) is 11.5 Å². The lowest BCUT2D eigenvalue weighted by Gasteiger charge is -2.16. The van der Waals surface area contributed by atoms with E-state index in [2.05, 4.69) is 15.9 Å². The summed E-state index contributed by atoms with van der Waals surface area (Å²) < 4.78 is 25.9. The number of hydrogen-bond donors (Lipinski definition) is 1. The second-order valence-electron chi connectivity index (χ2n) is 3.34. The van der Waals surface area contributed by atoms with Crippen molar-refractivity contribution in [2.75, 3.05) is 13.6 Å². The number of hydrogen-bond acceptors (Lipinski definition) is 3. The summed E-state index contributed by atoms with van der Waals surface area (Å²) >= 11 is 3.21. The van der Waals surface area contributed by atoms with Gasteiger partial charge in [-0.05, 0) is 33.6 Å². The third-order valence-electron chi connectivity index (χ3n) is 2.31. The summed E-state index contributed by atoms with van der Waals surface area (Å²) in [5, 5.41) is 8.99. The van der Waals surface area contributed by atoms with Gasteiger partial charge in [-0.15, -0.1) is 0 Å². The van der Waals surface area contributed by atoms with Crippen LogP contribution in [-0.2, 0) is 16.6 Å². The fourth-order valence-electron chi connectivity index (χ4n) is 1.18. The van der Waals surface area contributed by atoms with Gasteiger partial charge in [-0.2, -0.15) is 0 Å². The molecule has 0 spiro atoms. The monoisotopic (exact) mass is 307 g/mol. The molecule has 6 heteroatoms. The first-order valence-corrected chi connectivity index (χ1v) is 7.02. The molecule has 0 aliphatic heterocycles. The molecule has 0 aliphatic rings. The molecule has 0 atom stereocenters. The Morgan fingerprint density at radius 2 is 2.06 bits per heavy atom. The van der Waals surface area contributed by atoms with E-state index in [0.29, 0.717) is 16.6 Å². The number of rotatable bonds is 4. The molecule has 0 saturated heterocycles. The fourth-order valence-corrected chi connectivity index (χ4v) is 3.33. The van der Waals surface area contributed by atoms with Crippen LogP contribution in [-0.4, -0.2) is 31.4 Å². The molecule has 16 heavy (non-hydrogen) atoms. The zero-order chi connectivity index (χ0) is 12.3. The highest BCUT2D eigenvalue weighted by molar-refractivity contribution is 9.10. The van der Waals surface area contributed by atoms with E-state index < -0.39 is 10.0 Å². The molecule has 0 aliphatic carbocycles. The number of sulfonamides is 1. The number of halogens is 1. The highest BCUT2D eigenvalue weighted by Gasteiger charge is 2.22. The second kappa shape index (κ2) is 5.27. The van der Waals surface area contributed by atoms with E-state index in [4.69, 9.17) is 5.11 Å². The number of benzene rings is 1. The lowest BCUT2D eigenvalue weighted by Crippen LogP contribution is -2.26. The van der Waals surface area contributed by atoms with Crippen molar-refractivity contribution in [1.29, 1.82) is 0 Å². The lowest BCUT2D eigenvalue weighted by molar-refractivity contribution is 0.281. The Morgan fingerprint density at radius 1 is 1.44 bits per heavy atom. The van der Waals surface area contributed by atoms with E-state index in [-0.39, 0.29) is 11.5 Å². The topological polar surface area (TPSA) is 57.6 Å².